The highest BCUT2D eigenvalue weighted by Crippen LogP contribution is 2.29. The largest absolute Gasteiger partial charge is 0.481 e. The summed E-state index contributed by atoms with van der Waals surface area (Å²) in [6.45, 7) is 8.27. The maximum Gasteiger partial charge on any atom is 0.216 e. The highest BCUT2D eigenvalue weighted by Gasteiger charge is 2.12. The lowest BCUT2D eigenvalue weighted by Crippen LogP contribution is -2.16. The minimum atomic E-state index is -1.52. The number of aromatic nitrogens is 3. The van der Waals surface area contributed by atoms with Crippen molar-refractivity contribution in [2.24, 2.45) is 0 Å². The molecule has 120 valence electrons. The van der Waals surface area contributed by atoms with Crippen molar-refractivity contribution in [3.05, 3.63) is 29.8 Å². The second kappa shape index (κ2) is 6.67. The Bertz CT molecular complexity index is 776. The first-order valence-corrected chi connectivity index (χ1v) is 10.6. The number of hydrogen-bond donors (Lipinski definition) is 1. The zero-order valence-corrected chi connectivity index (χ0v) is 15.0. The van der Waals surface area contributed by atoms with Crippen molar-refractivity contribution in [1.29, 1.82) is 0 Å². The highest BCUT2D eigenvalue weighted by molar-refractivity contribution is 6.83. The molecule has 0 unspecified atom stereocenters. The van der Waals surface area contributed by atoms with Crippen LogP contribution in [0.4, 0.5) is 5.82 Å². The Labute approximate surface area is 137 Å². The van der Waals surface area contributed by atoms with E-state index in [-0.39, 0.29) is 5.82 Å². The van der Waals surface area contributed by atoms with Crippen molar-refractivity contribution in [2.75, 3.05) is 12.8 Å². The molecule has 0 atom stereocenters. The molecule has 0 fully saturated rings. The predicted octanol–water partition coefficient (Wildman–Crippen LogP) is 2.79. The predicted molar refractivity (Wildman–Crippen MR) is 92.3 cm³/mol. The Balaban J connectivity index is 2.43. The van der Waals surface area contributed by atoms with Crippen LogP contribution in [0.15, 0.2) is 18.5 Å². The number of hydrogen-bond acceptors (Lipinski definition) is 6. The molecule has 0 aliphatic rings. The summed E-state index contributed by atoms with van der Waals surface area (Å²) in [5, 5.41) is 0. The van der Waals surface area contributed by atoms with Gasteiger partial charge in [-0.3, -0.25) is 0 Å². The summed E-state index contributed by atoms with van der Waals surface area (Å²) in [5.74, 6) is 5.33. The monoisotopic (exact) mass is 328 g/mol. The smallest absolute Gasteiger partial charge is 0.216 e. The molecule has 0 spiro atoms. The molecule has 0 saturated carbocycles. The summed E-state index contributed by atoms with van der Waals surface area (Å²) >= 11 is 0. The van der Waals surface area contributed by atoms with Crippen LogP contribution in [0.3, 0.4) is 0 Å². The number of methoxy groups -OCH3 is 1. The number of anilines is 1. The molecule has 0 amide bonds. The molecule has 2 aromatic heterocycles. The molecule has 0 aliphatic carbocycles. The molecule has 2 aromatic rings. The van der Waals surface area contributed by atoms with Crippen LogP contribution in [0.2, 0.25) is 19.6 Å². The number of nitrogens with zero attached hydrogens (tertiary/aromatic N) is 3. The summed E-state index contributed by atoms with van der Waals surface area (Å²) in [5.41, 5.74) is 9.85. The van der Waals surface area contributed by atoms with E-state index in [0.717, 1.165) is 0 Å². The molecule has 0 saturated heterocycles. The molecule has 0 aromatic carbocycles. The van der Waals surface area contributed by atoms with Gasteiger partial charge in [0.15, 0.2) is 11.6 Å². The number of aryl methyl sites for hydroxylation is 1. The van der Waals surface area contributed by atoms with E-state index < -0.39 is 8.07 Å². The summed E-state index contributed by atoms with van der Waals surface area (Å²) < 4.78 is 11.0. The molecule has 0 radical (unpaired) electrons. The van der Waals surface area contributed by atoms with Gasteiger partial charge in [-0.15, -0.1) is 5.54 Å². The first-order chi connectivity index (χ1) is 10.8. The van der Waals surface area contributed by atoms with Gasteiger partial charge in [-0.25, -0.2) is 15.0 Å². The first-order valence-electron chi connectivity index (χ1n) is 7.12. The van der Waals surface area contributed by atoms with Gasteiger partial charge < -0.3 is 15.2 Å². The summed E-state index contributed by atoms with van der Waals surface area (Å²) in [6.07, 6.45) is 3.17. The Morgan fingerprint density at radius 2 is 1.87 bits per heavy atom. The fraction of sp³-hybridized carbons (Fsp3) is 0.312. The van der Waals surface area contributed by atoms with Crippen LogP contribution in [0.25, 0.3) is 0 Å². The van der Waals surface area contributed by atoms with Crippen molar-refractivity contribution >= 4 is 13.9 Å². The Morgan fingerprint density at radius 1 is 1.13 bits per heavy atom. The number of pyridine rings is 1. The fourth-order valence-electron chi connectivity index (χ4n) is 1.64. The molecule has 2 rings (SSSR count). The van der Waals surface area contributed by atoms with Crippen molar-refractivity contribution in [1.82, 2.24) is 15.0 Å². The van der Waals surface area contributed by atoms with E-state index in [0.29, 0.717) is 28.8 Å². The second-order valence-corrected chi connectivity index (χ2v) is 10.7. The van der Waals surface area contributed by atoms with Crippen LogP contribution in [0, 0.1) is 18.4 Å². The first kappa shape index (κ1) is 16.8. The van der Waals surface area contributed by atoms with Gasteiger partial charge in [0, 0.05) is 6.07 Å². The van der Waals surface area contributed by atoms with Crippen LogP contribution in [-0.2, 0) is 0 Å². The minimum absolute atomic E-state index is 0.275. The van der Waals surface area contributed by atoms with Crippen LogP contribution in [-0.4, -0.2) is 30.1 Å². The third-order valence-corrected chi connectivity index (χ3v) is 3.62. The van der Waals surface area contributed by atoms with Crippen LogP contribution >= 0.6 is 0 Å². The number of nitrogen functional groups attached to an aromatic ring is 1. The van der Waals surface area contributed by atoms with Crippen LogP contribution < -0.4 is 15.2 Å². The van der Waals surface area contributed by atoms with Gasteiger partial charge in [0.05, 0.1) is 25.1 Å². The lowest BCUT2D eigenvalue weighted by atomic mass is 10.2. The second-order valence-electron chi connectivity index (χ2n) is 5.99. The molecular formula is C16H20N4O2Si. The number of ether oxygens (including phenoxy) is 2. The van der Waals surface area contributed by atoms with Crippen molar-refractivity contribution in [2.45, 2.75) is 26.6 Å². The van der Waals surface area contributed by atoms with Crippen LogP contribution in [0.5, 0.6) is 17.4 Å². The van der Waals surface area contributed by atoms with E-state index in [1.165, 1.54) is 0 Å². The summed E-state index contributed by atoms with van der Waals surface area (Å²) in [4.78, 5) is 12.4. The van der Waals surface area contributed by atoms with E-state index in [2.05, 4.69) is 46.1 Å². The Morgan fingerprint density at radius 3 is 2.48 bits per heavy atom. The average Bonchev–Trinajstić information content (AvgIpc) is 2.47. The molecule has 0 aliphatic heterocycles. The maximum absolute atomic E-state index is 5.88. The van der Waals surface area contributed by atoms with Gasteiger partial charge in [-0.05, 0) is 6.92 Å². The summed E-state index contributed by atoms with van der Waals surface area (Å²) in [7, 11) is 0.0242. The number of rotatable bonds is 3. The van der Waals surface area contributed by atoms with E-state index in [1.807, 2.05) is 0 Å². The molecule has 2 N–H and O–H groups in total. The topological polar surface area (TPSA) is 83.2 Å². The third-order valence-electron chi connectivity index (χ3n) is 2.75. The molecule has 23 heavy (non-hydrogen) atoms. The summed E-state index contributed by atoms with van der Waals surface area (Å²) in [6, 6.07) is 1.67. The molecule has 0 bridgehead atoms. The van der Waals surface area contributed by atoms with Crippen LogP contribution in [0.1, 0.15) is 11.4 Å². The zero-order valence-electron chi connectivity index (χ0n) is 14.0. The standard InChI is InChI=1S/C16H20N4O2Si/c1-11-18-10-14(16(17)20-11)22-13-8-15(21-2)19-9-12(13)6-7-23(3,4)5/h8-10H,1-5H3,(H2,17,18,20). The van der Waals surface area contributed by atoms with Gasteiger partial charge in [0.25, 0.3) is 0 Å². The van der Waals surface area contributed by atoms with Gasteiger partial charge in [-0.2, -0.15) is 0 Å². The van der Waals surface area contributed by atoms with Gasteiger partial charge in [0.2, 0.25) is 5.88 Å². The lowest BCUT2D eigenvalue weighted by Gasteiger charge is -2.11. The quantitative estimate of drug-likeness (QED) is 0.689. The molecule has 2 heterocycles. The minimum Gasteiger partial charge on any atom is -0.481 e. The van der Waals surface area contributed by atoms with Gasteiger partial charge >= 0.3 is 0 Å². The van der Waals surface area contributed by atoms with Crippen molar-refractivity contribution < 1.29 is 9.47 Å². The van der Waals surface area contributed by atoms with Crippen molar-refractivity contribution in [3.8, 4) is 28.8 Å². The SMILES string of the molecule is COc1cc(Oc2cnc(C)nc2N)c(C#C[Si](C)(C)C)cn1. The van der Waals surface area contributed by atoms with E-state index in [9.17, 15) is 0 Å². The molecular weight excluding hydrogens is 308 g/mol. The lowest BCUT2D eigenvalue weighted by molar-refractivity contribution is 0.392. The average molecular weight is 328 g/mol. The van der Waals surface area contributed by atoms with Crippen molar-refractivity contribution in [3.63, 3.8) is 0 Å². The van der Waals surface area contributed by atoms with Gasteiger partial charge in [0.1, 0.15) is 19.6 Å². The van der Waals surface area contributed by atoms with E-state index in [4.69, 9.17) is 15.2 Å². The van der Waals surface area contributed by atoms with E-state index in [1.54, 1.807) is 32.5 Å². The highest BCUT2D eigenvalue weighted by atomic mass is 28.3. The fourth-order valence-corrected chi connectivity index (χ4v) is 2.15. The molecule has 6 nitrogen and oxygen atoms in total. The molecule has 7 heteroatoms. The Kier molecular flexibility index (Phi) is 4.86. The Hall–Kier alpha value is -2.59. The third kappa shape index (κ3) is 4.69. The zero-order chi connectivity index (χ0) is 17.0. The number of nitrogens with two attached hydrogens (primary N) is 1. The normalized spacial score (nSPS) is 10.7. The maximum atomic E-state index is 5.88. The van der Waals surface area contributed by atoms with Gasteiger partial charge in [-0.1, -0.05) is 25.6 Å². The van der Waals surface area contributed by atoms with E-state index >= 15 is 0 Å².